The fraction of sp³-hybridized carbons (Fsp3) is 0.118. The summed E-state index contributed by atoms with van der Waals surface area (Å²) in [5, 5.41) is 11.7. The molecule has 3 rings (SSSR count). The molecule has 3 aromatic rings. The van der Waals surface area contributed by atoms with Crippen LogP contribution in [0.5, 0.6) is 0 Å². The van der Waals surface area contributed by atoms with Crippen molar-refractivity contribution < 1.29 is 4.39 Å². The minimum absolute atomic E-state index is 0.242. The van der Waals surface area contributed by atoms with Gasteiger partial charge in [-0.05, 0) is 42.5 Å². The number of aromatic nitrogens is 3. The van der Waals surface area contributed by atoms with E-state index in [2.05, 4.69) is 15.5 Å². The molecule has 0 saturated heterocycles. The summed E-state index contributed by atoms with van der Waals surface area (Å²) in [6.45, 7) is 0. The molecule has 1 heterocycles. The van der Waals surface area contributed by atoms with Crippen molar-refractivity contribution in [1.29, 1.82) is 0 Å². The molecule has 0 radical (unpaired) electrons. The van der Waals surface area contributed by atoms with Crippen LogP contribution in [0.3, 0.4) is 0 Å². The summed E-state index contributed by atoms with van der Waals surface area (Å²) >= 11 is 7.34. The third-order valence-electron chi connectivity index (χ3n) is 3.40. The summed E-state index contributed by atoms with van der Waals surface area (Å²) in [6.07, 6.45) is 0. The fourth-order valence-electron chi connectivity index (χ4n) is 2.08. The maximum absolute atomic E-state index is 12.9. The molecule has 0 aliphatic carbocycles. The Hall–Kier alpha value is -2.38. The molecular formula is C17H14ClFN4OS. The molecule has 0 unspecified atom stereocenters. The summed E-state index contributed by atoms with van der Waals surface area (Å²) < 4.78 is 14.3. The predicted octanol–water partition coefficient (Wildman–Crippen LogP) is 4.00. The monoisotopic (exact) mass is 376 g/mol. The third-order valence-corrected chi connectivity index (χ3v) is 4.66. The molecule has 0 spiro atoms. The van der Waals surface area contributed by atoms with Gasteiger partial charge in [0, 0.05) is 28.4 Å². The van der Waals surface area contributed by atoms with Crippen LogP contribution in [0, 0.1) is 5.82 Å². The Morgan fingerprint density at radius 2 is 1.96 bits per heavy atom. The Morgan fingerprint density at radius 3 is 2.68 bits per heavy atom. The van der Waals surface area contributed by atoms with Crippen molar-refractivity contribution in [3.05, 3.63) is 75.4 Å². The molecule has 1 aromatic heterocycles. The third kappa shape index (κ3) is 4.37. The highest BCUT2D eigenvalue weighted by atomic mass is 35.5. The number of halogens is 2. The lowest BCUT2D eigenvalue weighted by atomic mass is 10.3. The van der Waals surface area contributed by atoms with Gasteiger partial charge in [-0.15, -0.1) is 22.0 Å². The van der Waals surface area contributed by atoms with E-state index in [0.29, 0.717) is 28.1 Å². The molecule has 0 fully saturated rings. The van der Waals surface area contributed by atoms with E-state index in [0.717, 1.165) is 4.90 Å². The van der Waals surface area contributed by atoms with Gasteiger partial charge in [-0.25, -0.2) is 4.39 Å². The van der Waals surface area contributed by atoms with Gasteiger partial charge >= 0.3 is 0 Å². The molecule has 0 atom stereocenters. The normalized spacial score (nSPS) is 10.7. The molecule has 0 bridgehead atoms. The van der Waals surface area contributed by atoms with Crippen LogP contribution in [0.2, 0.25) is 5.02 Å². The van der Waals surface area contributed by atoms with Crippen LogP contribution in [0.25, 0.3) is 0 Å². The Morgan fingerprint density at radius 1 is 1.20 bits per heavy atom. The molecule has 8 heteroatoms. The van der Waals surface area contributed by atoms with E-state index < -0.39 is 0 Å². The number of thioether (sulfide) groups is 1. The molecule has 0 saturated carbocycles. The molecule has 5 nitrogen and oxygen atoms in total. The van der Waals surface area contributed by atoms with Crippen LogP contribution in [-0.4, -0.2) is 14.8 Å². The van der Waals surface area contributed by atoms with Crippen molar-refractivity contribution in [2.24, 2.45) is 7.05 Å². The van der Waals surface area contributed by atoms with Gasteiger partial charge in [0.05, 0.1) is 0 Å². The second-order valence-electron chi connectivity index (χ2n) is 5.21. The average molecular weight is 377 g/mol. The van der Waals surface area contributed by atoms with E-state index in [1.807, 2.05) is 6.07 Å². The summed E-state index contributed by atoms with van der Waals surface area (Å²) in [5.41, 5.74) is 0.799. The molecule has 0 aliphatic heterocycles. The van der Waals surface area contributed by atoms with E-state index in [-0.39, 0.29) is 11.4 Å². The van der Waals surface area contributed by atoms with Crippen molar-refractivity contribution in [3.63, 3.8) is 0 Å². The van der Waals surface area contributed by atoms with Crippen molar-refractivity contribution in [2.75, 3.05) is 5.32 Å². The Kier molecular flexibility index (Phi) is 5.35. The standard InChI is InChI=1S/C17H14ClFN4OS/c1-23-16(24)15(10-25-14-7-5-12(19)6-8-14)21-22-17(23)20-13-4-2-3-11(18)9-13/h2-9H,10H2,1H3,(H,20,22). The highest BCUT2D eigenvalue weighted by molar-refractivity contribution is 7.98. The molecule has 25 heavy (non-hydrogen) atoms. The molecular weight excluding hydrogens is 363 g/mol. The first-order chi connectivity index (χ1) is 12.0. The van der Waals surface area contributed by atoms with Gasteiger partial charge in [0.2, 0.25) is 5.95 Å². The second-order valence-corrected chi connectivity index (χ2v) is 6.70. The van der Waals surface area contributed by atoms with Crippen molar-refractivity contribution in [3.8, 4) is 0 Å². The molecule has 128 valence electrons. The Labute approximate surface area is 152 Å². The largest absolute Gasteiger partial charge is 0.324 e. The number of hydrogen-bond acceptors (Lipinski definition) is 5. The van der Waals surface area contributed by atoms with Gasteiger partial charge in [0.25, 0.3) is 5.56 Å². The summed E-state index contributed by atoms with van der Waals surface area (Å²) in [4.78, 5) is 13.3. The number of benzene rings is 2. The number of rotatable bonds is 5. The van der Waals surface area contributed by atoms with Crippen molar-refractivity contribution in [1.82, 2.24) is 14.8 Å². The highest BCUT2D eigenvalue weighted by Crippen LogP contribution is 2.21. The summed E-state index contributed by atoms with van der Waals surface area (Å²) in [7, 11) is 1.62. The van der Waals surface area contributed by atoms with Gasteiger partial charge in [0.15, 0.2) is 0 Å². The topological polar surface area (TPSA) is 59.8 Å². The first-order valence-corrected chi connectivity index (χ1v) is 8.73. The number of nitrogens with one attached hydrogen (secondary N) is 1. The number of nitrogens with zero attached hydrogens (tertiary/aromatic N) is 3. The minimum atomic E-state index is -0.295. The van der Waals surface area contributed by atoms with Crippen molar-refractivity contribution in [2.45, 2.75) is 10.6 Å². The second kappa shape index (κ2) is 7.67. The quantitative estimate of drug-likeness (QED) is 0.682. The predicted molar refractivity (Wildman–Crippen MR) is 98.0 cm³/mol. The Bertz CT molecular complexity index is 946. The maximum Gasteiger partial charge on any atom is 0.277 e. The molecule has 1 N–H and O–H groups in total. The lowest BCUT2D eigenvalue weighted by molar-refractivity contribution is 0.626. The summed E-state index contributed by atoms with van der Waals surface area (Å²) in [5.74, 6) is 0.377. The maximum atomic E-state index is 12.9. The van der Waals surface area contributed by atoms with Crippen LogP contribution >= 0.6 is 23.4 Å². The molecule has 0 aliphatic rings. The van der Waals surface area contributed by atoms with E-state index in [1.54, 1.807) is 37.4 Å². The molecule has 0 amide bonds. The van der Waals surface area contributed by atoms with Crippen LogP contribution < -0.4 is 10.9 Å². The van der Waals surface area contributed by atoms with E-state index in [1.165, 1.54) is 28.5 Å². The van der Waals surface area contributed by atoms with Gasteiger partial charge in [0.1, 0.15) is 11.5 Å². The van der Waals surface area contributed by atoms with Crippen LogP contribution in [-0.2, 0) is 12.8 Å². The van der Waals surface area contributed by atoms with Gasteiger partial charge in [-0.1, -0.05) is 17.7 Å². The van der Waals surface area contributed by atoms with Gasteiger partial charge in [-0.2, -0.15) is 0 Å². The van der Waals surface area contributed by atoms with Crippen LogP contribution in [0.15, 0.2) is 58.2 Å². The average Bonchev–Trinajstić information content (AvgIpc) is 2.60. The van der Waals surface area contributed by atoms with Crippen LogP contribution in [0.4, 0.5) is 16.0 Å². The lowest BCUT2D eigenvalue weighted by Gasteiger charge is -2.10. The summed E-state index contributed by atoms with van der Waals surface area (Å²) in [6, 6.07) is 13.2. The van der Waals surface area contributed by atoms with Gasteiger partial charge < -0.3 is 5.32 Å². The zero-order valence-corrected chi connectivity index (χ0v) is 14.8. The van der Waals surface area contributed by atoms with E-state index >= 15 is 0 Å². The lowest BCUT2D eigenvalue weighted by Crippen LogP contribution is -2.26. The SMILES string of the molecule is Cn1c(Nc2cccc(Cl)c2)nnc(CSc2ccc(F)cc2)c1=O. The number of hydrogen-bond donors (Lipinski definition) is 1. The Balaban J connectivity index is 1.75. The fourth-order valence-corrected chi connectivity index (χ4v) is 3.09. The number of anilines is 2. The minimum Gasteiger partial charge on any atom is -0.324 e. The first-order valence-electron chi connectivity index (χ1n) is 7.36. The van der Waals surface area contributed by atoms with Gasteiger partial charge in [-0.3, -0.25) is 9.36 Å². The smallest absolute Gasteiger partial charge is 0.277 e. The molecule has 2 aromatic carbocycles. The van der Waals surface area contributed by atoms with E-state index in [9.17, 15) is 9.18 Å². The van der Waals surface area contributed by atoms with Crippen molar-refractivity contribution >= 4 is 35.0 Å². The van der Waals surface area contributed by atoms with Crippen LogP contribution in [0.1, 0.15) is 5.69 Å². The zero-order chi connectivity index (χ0) is 17.8. The zero-order valence-electron chi connectivity index (χ0n) is 13.2. The first kappa shape index (κ1) is 17.4. The highest BCUT2D eigenvalue weighted by Gasteiger charge is 2.10. The van der Waals surface area contributed by atoms with E-state index in [4.69, 9.17) is 11.6 Å².